The molecule has 0 spiro atoms. The van der Waals surface area contributed by atoms with Crippen molar-refractivity contribution in [2.45, 2.75) is 172 Å². The number of methoxy groups -OCH3 is 2. The first-order valence-corrected chi connectivity index (χ1v) is 30.0. The normalized spacial score (nSPS) is 22.4. The molecule has 9 rings (SSSR count). The number of ketones is 6. The molecule has 3 aromatic heterocycles. The first-order valence-electron chi connectivity index (χ1n) is 28.9. The van der Waals surface area contributed by atoms with Crippen LogP contribution in [0.2, 0.25) is 15.3 Å². The minimum atomic E-state index is -1.57. The van der Waals surface area contributed by atoms with Crippen molar-refractivity contribution >= 4 is 69.5 Å². The fourth-order valence-corrected chi connectivity index (χ4v) is 12.7. The van der Waals surface area contributed by atoms with Crippen LogP contribution in [0.5, 0.6) is 46.4 Å². The van der Waals surface area contributed by atoms with Gasteiger partial charge in [0, 0.05) is 29.4 Å². The molecule has 6 heterocycles. The lowest BCUT2D eigenvalue weighted by atomic mass is 9.70. The molecule has 0 saturated carbocycles. The van der Waals surface area contributed by atoms with Gasteiger partial charge in [-0.25, -0.2) is 4.98 Å². The van der Waals surface area contributed by atoms with E-state index >= 15 is 14.4 Å². The van der Waals surface area contributed by atoms with Gasteiger partial charge in [-0.3, -0.25) is 28.8 Å². The van der Waals surface area contributed by atoms with Crippen LogP contribution in [-0.4, -0.2) is 108 Å². The third kappa shape index (κ3) is 13.2. The van der Waals surface area contributed by atoms with E-state index in [2.05, 4.69) is 25.4 Å². The summed E-state index contributed by atoms with van der Waals surface area (Å²) in [5.41, 5.74) is -5.47. The van der Waals surface area contributed by atoms with Crippen LogP contribution in [0.3, 0.4) is 0 Å². The van der Waals surface area contributed by atoms with Crippen molar-refractivity contribution in [3.05, 3.63) is 134 Å². The molecule has 19 nitrogen and oxygen atoms in total. The van der Waals surface area contributed by atoms with Crippen LogP contribution in [-0.2, 0) is 62.2 Å². The average Bonchev–Trinajstić information content (AvgIpc) is 1.00. The molecule has 3 fully saturated rings. The Morgan fingerprint density at radius 2 is 0.909 bits per heavy atom. The maximum atomic E-state index is 15.5. The Bertz CT molecular complexity index is 3750. The summed E-state index contributed by atoms with van der Waals surface area (Å²) in [6.07, 6.45) is 3.28. The molecule has 4 unspecified atom stereocenters. The first kappa shape index (κ1) is 65.2. The van der Waals surface area contributed by atoms with Gasteiger partial charge in [-0.05, 0) is 190 Å². The molecular weight excluding hydrogens is 1190 g/mol. The minimum absolute atomic E-state index is 0.0356. The molecule has 0 N–H and O–H groups in total. The van der Waals surface area contributed by atoms with Crippen molar-refractivity contribution in [2.24, 2.45) is 0 Å². The van der Waals surface area contributed by atoms with E-state index < -0.39 is 86.1 Å². The van der Waals surface area contributed by atoms with Crippen molar-refractivity contribution in [1.82, 2.24) is 25.4 Å². The second-order valence-corrected chi connectivity index (χ2v) is 25.8. The molecule has 0 aliphatic carbocycles. The van der Waals surface area contributed by atoms with Crippen molar-refractivity contribution < 1.29 is 66.7 Å². The summed E-state index contributed by atoms with van der Waals surface area (Å²) >= 11 is 18.5. The van der Waals surface area contributed by atoms with Crippen LogP contribution in [0.25, 0.3) is 0 Å². The number of carbonyl (C=O) groups is 6. The van der Waals surface area contributed by atoms with E-state index in [9.17, 15) is 14.4 Å². The van der Waals surface area contributed by atoms with E-state index in [1.807, 2.05) is 6.92 Å². The van der Waals surface area contributed by atoms with Crippen LogP contribution < -0.4 is 23.7 Å². The van der Waals surface area contributed by atoms with Crippen LogP contribution in [0.1, 0.15) is 153 Å². The van der Waals surface area contributed by atoms with Crippen LogP contribution >= 0.6 is 34.8 Å². The second kappa shape index (κ2) is 25.0. The highest BCUT2D eigenvalue weighted by atomic mass is 35.5. The van der Waals surface area contributed by atoms with Crippen molar-refractivity contribution in [1.29, 1.82) is 0 Å². The van der Waals surface area contributed by atoms with E-state index in [0.717, 1.165) is 5.56 Å². The Morgan fingerprint density at radius 3 is 1.39 bits per heavy atom. The lowest BCUT2D eigenvalue weighted by molar-refractivity contribution is -0.189. The smallest absolute Gasteiger partial charge is 0.281 e. The number of Topliss-reactive ketones (excluding diaryl/α,β-unsaturated/α-hetero) is 6. The van der Waals surface area contributed by atoms with Crippen LogP contribution in [0.15, 0.2) is 85.1 Å². The summed E-state index contributed by atoms with van der Waals surface area (Å²) in [5, 5.41) is 16.5. The zero-order chi connectivity index (χ0) is 64.1. The number of aromatic nitrogens is 5. The summed E-state index contributed by atoms with van der Waals surface area (Å²) in [5.74, 6) is -5.17. The Morgan fingerprint density at radius 1 is 0.466 bits per heavy atom. The van der Waals surface area contributed by atoms with E-state index in [1.165, 1.54) is 32.5 Å². The van der Waals surface area contributed by atoms with Gasteiger partial charge >= 0.3 is 0 Å². The number of halogens is 3. The molecule has 88 heavy (non-hydrogen) atoms. The van der Waals surface area contributed by atoms with Crippen LogP contribution in [0, 0.1) is 0 Å². The molecule has 3 aliphatic rings. The van der Waals surface area contributed by atoms with Gasteiger partial charge in [0.15, 0.2) is 56.5 Å². The molecule has 22 heteroatoms. The van der Waals surface area contributed by atoms with Gasteiger partial charge in [0.25, 0.3) is 5.88 Å². The monoisotopic (exact) mass is 1260 g/mol. The Hall–Kier alpha value is -7.26. The third-order valence-corrected chi connectivity index (χ3v) is 17.2. The Labute approximate surface area is 525 Å². The van der Waals surface area contributed by atoms with Gasteiger partial charge in [0.2, 0.25) is 11.8 Å². The summed E-state index contributed by atoms with van der Waals surface area (Å²) in [7, 11) is 2.85. The van der Waals surface area contributed by atoms with E-state index in [1.54, 1.807) is 136 Å². The fourth-order valence-electron chi connectivity index (χ4n) is 12.2. The molecule has 4 atom stereocenters. The highest BCUT2D eigenvalue weighted by Gasteiger charge is 2.58. The van der Waals surface area contributed by atoms with Crippen molar-refractivity contribution in [2.75, 3.05) is 14.2 Å². The standard InChI is InChI=1S/C66H70Cl3N5O14/c1-14-35-19-22-40(84-49-34-45(81-12)59(69)73-72-49)30-42(35)51-55(77)63(6,7)87-65(10,57(51)79)26-16-18-37-21-24-41(85-60-46(82-13)33-47(68)71-74-60)32-44(37)52-56(78)64(8,9)88-66(11,58(52)80)27-15-17-36-20-23-39(83-48-29-38(67)25-28-70-48)31-43(36)50-53(75)61(2,3)86-62(4,5)54(50)76/h19-25,28-34,50-52H,14-18,26-27H2,1-13H3. The highest BCUT2D eigenvalue weighted by molar-refractivity contribution is 6.31. The van der Waals surface area contributed by atoms with E-state index in [-0.39, 0.29) is 77.3 Å². The molecular formula is C66H70Cl3N5O14. The number of carbonyl (C=O) groups excluding carboxylic acids is 6. The summed E-state index contributed by atoms with van der Waals surface area (Å²) < 4.78 is 48.4. The quantitative estimate of drug-likeness (QED) is 0.0645. The Kier molecular flexibility index (Phi) is 18.5. The topological polar surface area (TPSA) is 241 Å². The van der Waals surface area contributed by atoms with Gasteiger partial charge in [0.05, 0.1) is 14.2 Å². The fraction of sp³-hybridized carbons (Fsp3) is 0.439. The third-order valence-electron chi connectivity index (χ3n) is 16.5. The molecule has 464 valence electrons. The number of aryl methyl sites for hydroxylation is 3. The zero-order valence-corrected chi connectivity index (χ0v) is 53.6. The minimum Gasteiger partial charge on any atom is -0.493 e. The number of hydrogen-bond acceptors (Lipinski definition) is 19. The van der Waals surface area contributed by atoms with E-state index in [4.69, 9.17) is 72.7 Å². The second-order valence-electron chi connectivity index (χ2n) is 24.6. The number of ether oxygens (including phenoxy) is 8. The van der Waals surface area contributed by atoms with Crippen LogP contribution in [0.4, 0.5) is 0 Å². The predicted octanol–water partition coefficient (Wildman–Crippen LogP) is 13.0. The van der Waals surface area contributed by atoms with Gasteiger partial charge < -0.3 is 37.9 Å². The summed E-state index contributed by atoms with van der Waals surface area (Å²) in [6, 6.07) is 21.4. The SMILES string of the molecule is CCc1ccc(Oc2cc(OC)c(Cl)nn2)cc1C1C(=O)C(C)(C)OC(C)(CCCc2ccc(Oc3nnc(Cl)cc3OC)cc2C2C(=O)C(C)(C)OC(C)(CCCc3ccc(Oc4cc(Cl)ccn4)cc3C3C(=O)C(C)(C)OC(C)(C)C3=O)C2=O)C1=O. The molecule has 0 bridgehead atoms. The summed E-state index contributed by atoms with van der Waals surface area (Å²) in [4.78, 5) is 93.0. The lowest BCUT2D eigenvalue weighted by Gasteiger charge is -2.45. The largest absolute Gasteiger partial charge is 0.493 e. The predicted molar refractivity (Wildman–Crippen MR) is 326 cm³/mol. The molecule has 3 aliphatic heterocycles. The summed E-state index contributed by atoms with van der Waals surface area (Å²) in [6.45, 7) is 18.4. The Balaban J connectivity index is 1.03. The van der Waals surface area contributed by atoms with Gasteiger partial charge in [-0.1, -0.05) is 59.9 Å². The van der Waals surface area contributed by atoms with Crippen molar-refractivity contribution in [3.8, 4) is 46.4 Å². The van der Waals surface area contributed by atoms with E-state index in [0.29, 0.717) is 57.2 Å². The first-order chi connectivity index (χ1) is 41.3. The molecule has 0 radical (unpaired) electrons. The average molecular weight is 1260 g/mol. The van der Waals surface area contributed by atoms with Gasteiger partial charge in [0.1, 0.15) is 68.6 Å². The lowest BCUT2D eigenvalue weighted by Crippen LogP contribution is -2.59. The van der Waals surface area contributed by atoms with Gasteiger partial charge in [-0.15, -0.1) is 20.4 Å². The number of rotatable bonds is 20. The van der Waals surface area contributed by atoms with Gasteiger partial charge in [-0.2, -0.15) is 0 Å². The number of benzene rings is 3. The zero-order valence-electron chi connectivity index (χ0n) is 51.4. The maximum Gasteiger partial charge on any atom is 0.281 e. The number of hydrogen-bond donors (Lipinski definition) is 0. The highest BCUT2D eigenvalue weighted by Crippen LogP contribution is 2.48. The molecule has 3 saturated heterocycles. The number of nitrogens with zero attached hydrogens (tertiary/aromatic N) is 5. The van der Waals surface area contributed by atoms with Crippen molar-refractivity contribution in [3.63, 3.8) is 0 Å². The molecule has 3 aromatic carbocycles. The molecule has 6 aromatic rings. The molecule has 0 amide bonds. The number of pyridine rings is 1. The maximum absolute atomic E-state index is 15.5.